The smallest absolute Gasteiger partial charge is 0.186 e. The van der Waals surface area contributed by atoms with Gasteiger partial charge >= 0.3 is 0 Å². The lowest BCUT2D eigenvalue weighted by Gasteiger charge is -2.31. The number of rotatable bonds is 2. The minimum absolute atomic E-state index is 0. The van der Waals surface area contributed by atoms with Crippen LogP contribution in [0.15, 0.2) is 4.99 Å². The molecule has 2 rings (SSSR count). The Hall–Kier alpha value is -0.120. The first-order chi connectivity index (χ1) is 7.20. The molecule has 2 fully saturated rings. The lowest BCUT2D eigenvalue weighted by molar-refractivity contribution is -0.210. The first kappa shape index (κ1) is 13.9. The van der Waals surface area contributed by atoms with Gasteiger partial charge in [-0.2, -0.15) is 0 Å². The van der Waals surface area contributed by atoms with Gasteiger partial charge in [-0.3, -0.25) is 4.99 Å². The third-order valence-corrected chi connectivity index (χ3v) is 2.65. The summed E-state index contributed by atoms with van der Waals surface area (Å²) < 4.78 is 16.8. The molecule has 2 saturated heterocycles. The summed E-state index contributed by atoms with van der Waals surface area (Å²) in [5, 5.41) is 0. The number of hydrogen-bond acceptors (Lipinski definition) is 4. The van der Waals surface area contributed by atoms with Crippen LogP contribution in [-0.4, -0.2) is 44.2 Å². The number of guanidine groups is 1. The van der Waals surface area contributed by atoms with Crippen LogP contribution in [0.3, 0.4) is 0 Å². The van der Waals surface area contributed by atoms with Gasteiger partial charge in [0.25, 0.3) is 0 Å². The topological polar surface area (TPSA) is 92.1 Å². The molecule has 0 saturated carbocycles. The van der Waals surface area contributed by atoms with Crippen molar-refractivity contribution in [2.24, 2.45) is 16.5 Å². The predicted octanol–water partition coefficient (Wildman–Crippen LogP) is -0.200. The first-order valence-electron chi connectivity index (χ1n) is 5.15. The van der Waals surface area contributed by atoms with E-state index in [-0.39, 0.29) is 36.0 Å². The minimum Gasteiger partial charge on any atom is -0.381 e. The van der Waals surface area contributed by atoms with Gasteiger partial charge in [0.2, 0.25) is 0 Å². The van der Waals surface area contributed by atoms with Crippen molar-refractivity contribution >= 4 is 29.9 Å². The van der Waals surface area contributed by atoms with Gasteiger partial charge in [-0.15, -0.1) is 24.0 Å². The zero-order valence-electron chi connectivity index (χ0n) is 9.05. The van der Waals surface area contributed by atoms with Crippen molar-refractivity contribution in [2.45, 2.75) is 24.7 Å². The fraction of sp³-hybridized carbons (Fsp3) is 0.889. The molecule has 2 heterocycles. The summed E-state index contributed by atoms with van der Waals surface area (Å²) in [5.41, 5.74) is 10.5. The summed E-state index contributed by atoms with van der Waals surface area (Å²) in [6, 6.07) is 0. The van der Waals surface area contributed by atoms with E-state index in [0.717, 1.165) is 12.8 Å². The molecule has 94 valence electrons. The highest BCUT2D eigenvalue weighted by Gasteiger charge is 2.42. The first-order valence-corrected chi connectivity index (χ1v) is 5.15. The summed E-state index contributed by atoms with van der Waals surface area (Å²) in [5.74, 6) is -0.353. The quantitative estimate of drug-likeness (QED) is 0.412. The number of nitrogens with zero attached hydrogens (tertiary/aromatic N) is 1. The molecule has 0 aromatic rings. The Labute approximate surface area is 112 Å². The molecule has 0 aliphatic carbocycles. The van der Waals surface area contributed by atoms with E-state index in [1.165, 1.54) is 0 Å². The SMILES string of the molecule is I.NC(N)=NCC1COC2(CCOCC2)O1. The van der Waals surface area contributed by atoms with E-state index >= 15 is 0 Å². The van der Waals surface area contributed by atoms with Crippen LogP contribution in [-0.2, 0) is 14.2 Å². The van der Waals surface area contributed by atoms with E-state index in [0.29, 0.717) is 26.4 Å². The molecule has 1 atom stereocenters. The molecular weight excluding hydrogens is 325 g/mol. The third kappa shape index (κ3) is 3.44. The van der Waals surface area contributed by atoms with Crippen LogP contribution in [0.25, 0.3) is 0 Å². The van der Waals surface area contributed by atoms with Gasteiger partial charge in [0.15, 0.2) is 11.7 Å². The van der Waals surface area contributed by atoms with E-state index in [4.69, 9.17) is 25.7 Å². The number of nitrogens with two attached hydrogens (primary N) is 2. The molecule has 0 radical (unpaired) electrons. The van der Waals surface area contributed by atoms with Gasteiger partial charge in [-0.25, -0.2) is 0 Å². The van der Waals surface area contributed by atoms with Gasteiger partial charge in [-0.05, 0) is 0 Å². The largest absolute Gasteiger partial charge is 0.381 e. The second-order valence-electron chi connectivity index (χ2n) is 3.84. The number of aliphatic imine (C=N–C) groups is 1. The van der Waals surface area contributed by atoms with Crippen molar-refractivity contribution in [3.05, 3.63) is 0 Å². The second kappa shape index (κ2) is 5.99. The van der Waals surface area contributed by atoms with Gasteiger partial charge < -0.3 is 25.7 Å². The maximum Gasteiger partial charge on any atom is 0.186 e. The summed E-state index contributed by atoms with van der Waals surface area (Å²) >= 11 is 0. The highest BCUT2D eigenvalue weighted by atomic mass is 127. The molecule has 1 spiro atoms. The Morgan fingerprint density at radius 1 is 1.31 bits per heavy atom. The average molecular weight is 343 g/mol. The van der Waals surface area contributed by atoms with Crippen LogP contribution in [0, 0.1) is 0 Å². The molecule has 7 heteroatoms. The van der Waals surface area contributed by atoms with Crippen molar-refractivity contribution in [1.29, 1.82) is 0 Å². The average Bonchev–Trinajstić information content (AvgIpc) is 2.60. The molecule has 0 aromatic carbocycles. The van der Waals surface area contributed by atoms with Crippen LogP contribution in [0.1, 0.15) is 12.8 Å². The van der Waals surface area contributed by atoms with E-state index in [1.54, 1.807) is 0 Å². The van der Waals surface area contributed by atoms with Crippen LogP contribution < -0.4 is 11.5 Å². The van der Waals surface area contributed by atoms with Gasteiger partial charge in [-0.1, -0.05) is 0 Å². The molecule has 0 amide bonds. The fourth-order valence-corrected chi connectivity index (χ4v) is 1.86. The van der Waals surface area contributed by atoms with E-state index in [9.17, 15) is 0 Å². The van der Waals surface area contributed by atoms with Gasteiger partial charge in [0.05, 0.1) is 26.4 Å². The fourth-order valence-electron chi connectivity index (χ4n) is 1.86. The Morgan fingerprint density at radius 2 is 2.00 bits per heavy atom. The second-order valence-corrected chi connectivity index (χ2v) is 3.84. The van der Waals surface area contributed by atoms with Crippen LogP contribution in [0.2, 0.25) is 0 Å². The Balaban J connectivity index is 0.00000128. The van der Waals surface area contributed by atoms with Crippen LogP contribution in [0.4, 0.5) is 0 Å². The van der Waals surface area contributed by atoms with Crippen molar-refractivity contribution in [1.82, 2.24) is 0 Å². The van der Waals surface area contributed by atoms with Crippen LogP contribution >= 0.6 is 24.0 Å². The summed E-state index contributed by atoms with van der Waals surface area (Å²) in [6.45, 7) is 2.39. The number of hydrogen-bond donors (Lipinski definition) is 2. The zero-order chi connectivity index (χ0) is 10.7. The molecular formula is C9H18IN3O3. The van der Waals surface area contributed by atoms with E-state index in [1.807, 2.05) is 0 Å². The predicted molar refractivity (Wildman–Crippen MR) is 69.7 cm³/mol. The monoisotopic (exact) mass is 343 g/mol. The molecule has 2 aliphatic rings. The third-order valence-electron chi connectivity index (χ3n) is 2.65. The van der Waals surface area contributed by atoms with Crippen LogP contribution in [0.5, 0.6) is 0 Å². The molecule has 0 bridgehead atoms. The number of ether oxygens (including phenoxy) is 3. The summed E-state index contributed by atoms with van der Waals surface area (Å²) in [6.07, 6.45) is 1.53. The van der Waals surface area contributed by atoms with Gasteiger partial charge in [0, 0.05) is 12.8 Å². The highest BCUT2D eigenvalue weighted by Crippen LogP contribution is 2.33. The minimum atomic E-state index is -0.443. The standard InChI is InChI=1S/C9H17N3O3.HI/c10-8(11)12-5-7-6-14-9(15-7)1-3-13-4-2-9;/h7H,1-6H2,(H4,10,11,12);1H. The lowest BCUT2D eigenvalue weighted by atomic mass is 10.1. The molecule has 0 aromatic heterocycles. The molecule has 2 aliphatic heterocycles. The Kier molecular flexibility index (Phi) is 5.22. The highest BCUT2D eigenvalue weighted by molar-refractivity contribution is 14.0. The number of halogens is 1. The van der Waals surface area contributed by atoms with Gasteiger partial charge in [0.1, 0.15) is 6.10 Å². The zero-order valence-corrected chi connectivity index (χ0v) is 11.4. The lowest BCUT2D eigenvalue weighted by Crippen LogP contribution is -2.38. The van der Waals surface area contributed by atoms with Crippen molar-refractivity contribution < 1.29 is 14.2 Å². The van der Waals surface area contributed by atoms with Crippen molar-refractivity contribution in [2.75, 3.05) is 26.4 Å². The van der Waals surface area contributed by atoms with Crippen molar-refractivity contribution in [3.63, 3.8) is 0 Å². The normalized spacial score (nSPS) is 27.4. The maximum absolute atomic E-state index is 5.82. The van der Waals surface area contributed by atoms with Crippen molar-refractivity contribution in [3.8, 4) is 0 Å². The Bertz CT molecular complexity index is 252. The molecule has 6 nitrogen and oxygen atoms in total. The molecule has 16 heavy (non-hydrogen) atoms. The summed E-state index contributed by atoms with van der Waals surface area (Å²) in [7, 11) is 0. The van der Waals surface area contributed by atoms with E-state index < -0.39 is 5.79 Å². The maximum atomic E-state index is 5.82. The molecule has 1 unspecified atom stereocenters. The van der Waals surface area contributed by atoms with E-state index in [2.05, 4.69) is 4.99 Å². The molecule has 4 N–H and O–H groups in total. The summed E-state index contributed by atoms with van der Waals surface area (Å²) in [4.78, 5) is 3.92. The Morgan fingerprint density at radius 3 is 2.62 bits per heavy atom.